The molecule has 1 N–H and O–H groups in total. The third-order valence-corrected chi connectivity index (χ3v) is 4.10. The van der Waals surface area contributed by atoms with Gasteiger partial charge in [-0.15, -0.1) is 11.3 Å². The fraction of sp³-hybridized carbons (Fsp3) is 0.133. The molecule has 0 aliphatic rings. The summed E-state index contributed by atoms with van der Waals surface area (Å²) in [6, 6.07) is 9.29. The Bertz CT molecular complexity index is 668. The second-order valence-corrected chi connectivity index (χ2v) is 6.02. The SMILES string of the molecule is O=C(c1cc(Cl)c[nH]1)N(Cc1ccco1)Cc1cccs1. The van der Waals surface area contributed by atoms with Gasteiger partial charge >= 0.3 is 0 Å². The number of amides is 1. The molecule has 3 aromatic heterocycles. The second-order valence-electron chi connectivity index (χ2n) is 4.55. The van der Waals surface area contributed by atoms with Crippen LogP contribution in [-0.2, 0) is 13.1 Å². The molecule has 6 heteroatoms. The Morgan fingerprint density at radius 1 is 1.33 bits per heavy atom. The first kappa shape index (κ1) is 14.0. The van der Waals surface area contributed by atoms with E-state index in [2.05, 4.69) is 4.98 Å². The molecule has 0 radical (unpaired) electrons. The fourth-order valence-corrected chi connectivity index (χ4v) is 2.93. The Hall–Kier alpha value is -1.98. The number of rotatable bonds is 5. The minimum absolute atomic E-state index is 0.105. The smallest absolute Gasteiger partial charge is 0.271 e. The van der Waals surface area contributed by atoms with Gasteiger partial charge in [0.25, 0.3) is 5.91 Å². The van der Waals surface area contributed by atoms with E-state index >= 15 is 0 Å². The number of halogens is 1. The summed E-state index contributed by atoms with van der Waals surface area (Å²) in [7, 11) is 0. The molecular weight excluding hydrogens is 308 g/mol. The predicted molar refractivity (Wildman–Crippen MR) is 82.4 cm³/mol. The van der Waals surface area contributed by atoms with Crippen molar-refractivity contribution >= 4 is 28.8 Å². The largest absolute Gasteiger partial charge is 0.467 e. The molecule has 0 spiro atoms. The Morgan fingerprint density at radius 3 is 2.86 bits per heavy atom. The first-order valence-corrected chi connectivity index (χ1v) is 7.66. The number of hydrogen-bond acceptors (Lipinski definition) is 3. The Morgan fingerprint density at radius 2 is 2.24 bits per heavy atom. The highest BCUT2D eigenvalue weighted by molar-refractivity contribution is 7.09. The fourth-order valence-electron chi connectivity index (χ4n) is 2.04. The van der Waals surface area contributed by atoms with E-state index < -0.39 is 0 Å². The summed E-state index contributed by atoms with van der Waals surface area (Å²) in [6.07, 6.45) is 3.21. The summed E-state index contributed by atoms with van der Waals surface area (Å²) in [6.45, 7) is 0.953. The normalized spacial score (nSPS) is 10.7. The Labute approximate surface area is 131 Å². The quantitative estimate of drug-likeness (QED) is 0.767. The lowest BCUT2D eigenvalue weighted by Gasteiger charge is -2.20. The molecule has 1 amide bonds. The molecular formula is C15H13ClN2O2S. The molecule has 3 aromatic rings. The molecule has 0 unspecified atom stereocenters. The van der Waals surface area contributed by atoms with Gasteiger partial charge < -0.3 is 14.3 Å². The highest BCUT2D eigenvalue weighted by Gasteiger charge is 2.19. The molecule has 108 valence electrons. The van der Waals surface area contributed by atoms with Crippen LogP contribution in [-0.4, -0.2) is 15.8 Å². The molecule has 4 nitrogen and oxygen atoms in total. The van der Waals surface area contributed by atoms with Crippen molar-refractivity contribution < 1.29 is 9.21 Å². The van der Waals surface area contributed by atoms with E-state index in [4.69, 9.17) is 16.0 Å². The van der Waals surface area contributed by atoms with Crippen LogP contribution < -0.4 is 0 Å². The van der Waals surface area contributed by atoms with Crippen molar-refractivity contribution in [3.63, 3.8) is 0 Å². The molecule has 0 bridgehead atoms. The summed E-state index contributed by atoms with van der Waals surface area (Å²) in [4.78, 5) is 18.4. The van der Waals surface area contributed by atoms with E-state index in [0.717, 1.165) is 10.6 Å². The average molecular weight is 321 g/mol. The minimum Gasteiger partial charge on any atom is -0.467 e. The van der Waals surface area contributed by atoms with E-state index in [1.165, 1.54) is 0 Å². The number of thiophene rings is 1. The van der Waals surface area contributed by atoms with Gasteiger partial charge in [0, 0.05) is 11.1 Å². The Balaban J connectivity index is 1.82. The van der Waals surface area contributed by atoms with Gasteiger partial charge in [-0.3, -0.25) is 4.79 Å². The minimum atomic E-state index is -0.105. The summed E-state index contributed by atoms with van der Waals surface area (Å²) in [5.41, 5.74) is 0.475. The molecule has 0 aromatic carbocycles. The van der Waals surface area contributed by atoms with Crippen molar-refractivity contribution in [1.29, 1.82) is 0 Å². The zero-order valence-corrected chi connectivity index (χ0v) is 12.7. The highest BCUT2D eigenvalue weighted by atomic mass is 35.5. The summed E-state index contributed by atoms with van der Waals surface area (Å²) < 4.78 is 5.35. The van der Waals surface area contributed by atoms with E-state index in [1.54, 1.807) is 34.8 Å². The summed E-state index contributed by atoms with van der Waals surface area (Å²) in [5.74, 6) is 0.643. The number of aromatic nitrogens is 1. The van der Waals surface area contributed by atoms with Gasteiger partial charge in [0.2, 0.25) is 0 Å². The number of hydrogen-bond donors (Lipinski definition) is 1. The second kappa shape index (κ2) is 6.20. The number of carbonyl (C=O) groups is 1. The molecule has 3 heterocycles. The van der Waals surface area contributed by atoms with Crippen LogP contribution in [0, 0.1) is 0 Å². The monoisotopic (exact) mass is 320 g/mol. The van der Waals surface area contributed by atoms with Crippen molar-refractivity contribution in [2.75, 3.05) is 0 Å². The first-order valence-electron chi connectivity index (χ1n) is 6.40. The third-order valence-electron chi connectivity index (χ3n) is 3.02. The first-order chi connectivity index (χ1) is 10.2. The Kier molecular flexibility index (Phi) is 4.13. The molecule has 3 rings (SSSR count). The van der Waals surface area contributed by atoms with Crippen molar-refractivity contribution in [2.45, 2.75) is 13.1 Å². The van der Waals surface area contributed by atoms with E-state index in [0.29, 0.717) is 23.8 Å². The zero-order chi connectivity index (χ0) is 14.7. The summed E-state index contributed by atoms with van der Waals surface area (Å²) in [5, 5.41) is 2.52. The molecule has 0 aliphatic heterocycles. The lowest BCUT2D eigenvalue weighted by atomic mass is 10.3. The third kappa shape index (κ3) is 3.37. The van der Waals surface area contributed by atoms with Crippen LogP contribution in [0.2, 0.25) is 5.02 Å². The van der Waals surface area contributed by atoms with Gasteiger partial charge in [0.1, 0.15) is 11.5 Å². The maximum atomic E-state index is 12.6. The van der Waals surface area contributed by atoms with Crippen molar-refractivity contribution in [3.8, 4) is 0 Å². The van der Waals surface area contributed by atoms with Crippen molar-refractivity contribution in [3.05, 3.63) is 69.5 Å². The van der Waals surface area contributed by atoms with Crippen LogP contribution in [0.1, 0.15) is 21.1 Å². The van der Waals surface area contributed by atoms with Crippen molar-refractivity contribution in [1.82, 2.24) is 9.88 Å². The van der Waals surface area contributed by atoms with Gasteiger partial charge in [0.15, 0.2) is 0 Å². The molecule has 0 atom stereocenters. The molecule has 0 saturated heterocycles. The summed E-state index contributed by atoms with van der Waals surface area (Å²) >= 11 is 7.50. The van der Waals surface area contributed by atoms with Gasteiger partial charge in [-0.2, -0.15) is 0 Å². The average Bonchev–Trinajstić information content (AvgIpc) is 3.19. The highest BCUT2D eigenvalue weighted by Crippen LogP contribution is 2.18. The van der Waals surface area contributed by atoms with E-state index in [9.17, 15) is 4.79 Å². The van der Waals surface area contributed by atoms with E-state index in [1.807, 2.05) is 29.6 Å². The number of H-pyrrole nitrogens is 1. The molecule has 21 heavy (non-hydrogen) atoms. The maximum Gasteiger partial charge on any atom is 0.271 e. The van der Waals surface area contributed by atoms with Crippen LogP contribution in [0.3, 0.4) is 0 Å². The number of furan rings is 1. The molecule has 0 aliphatic carbocycles. The predicted octanol–water partition coefficient (Wildman–Crippen LogP) is 4.17. The van der Waals surface area contributed by atoms with Crippen molar-refractivity contribution in [2.24, 2.45) is 0 Å². The van der Waals surface area contributed by atoms with Crippen LogP contribution >= 0.6 is 22.9 Å². The number of aromatic amines is 1. The van der Waals surface area contributed by atoms with Crippen LogP contribution in [0.4, 0.5) is 0 Å². The van der Waals surface area contributed by atoms with Crippen LogP contribution in [0.25, 0.3) is 0 Å². The number of nitrogens with zero attached hydrogens (tertiary/aromatic N) is 1. The van der Waals surface area contributed by atoms with Gasteiger partial charge in [-0.05, 0) is 29.6 Å². The van der Waals surface area contributed by atoms with Gasteiger partial charge in [-0.1, -0.05) is 17.7 Å². The van der Waals surface area contributed by atoms with Gasteiger partial charge in [0.05, 0.1) is 24.4 Å². The van der Waals surface area contributed by atoms with E-state index in [-0.39, 0.29) is 5.91 Å². The zero-order valence-electron chi connectivity index (χ0n) is 11.1. The molecule has 0 saturated carbocycles. The lowest BCUT2D eigenvalue weighted by molar-refractivity contribution is 0.0714. The number of carbonyl (C=O) groups excluding carboxylic acids is 1. The lowest BCUT2D eigenvalue weighted by Crippen LogP contribution is -2.29. The van der Waals surface area contributed by atoms with Gasteiger partial charge in [-0.25, -0.2) is 0 Å². The standard InChI is InChI=1S/C15H13ClN2O2S/c16-11-7-14(17-8-11)15(19)18(9-12-3-1-5-20-12)10-13-4-2-6-21-13/h1-8,17H,9-10H2. The maximum absolute atomic E-state index is 12.6. The molecule has 0 fully saturated rings. The topological polar surface area (TPSA) is 49.2 Å². The number of nitrogens with one attached hydrogen (secondary N) is 1. The van der Waals surface area contributed by atoms with Crippen LogP contribution in [0.5, 0.6) is 0 Å². The van der Waals surface area contributed by atoms with Crippen LogP contribution in [0.15, 0.2) is 52.6 Å².